The van der Waals surface area contributed by atoms with Crippen LogP contribution in [0.3, 0.4) is 0 Å². The van der Waals surface area contributed by atoms with E-state index in [4.69, 9.17) is 0 Å². The molecule has 3 aromatic carbocycles. The van der Waals surface area contributed by atoms with Gasteiger partial charge < -0.3 is 5.11 Å². The van der Waals surface area contributed by atoms with E-state index in [1.165, 1.54) is 30.3 Å². The lowest BCUT2D eigenvalue weighted by molar-refractivity contribution is -0.139. The molecule has 0 heterocycles. The van der Waals surface area contributed by atoms with Crippen LogP contribution in [0.5, 0.6) is 0 Å². The second kappa shape index (κ2) is 9.52. The third kappa shape index (κ3) is 5.98. The molecule has 34 heavy (non-hydrogen) atoms. The minimum atomic E-state index is -4.56. The summed E-state index contributed by atoms with van der Waals surface area (Å²) in [6.45, 7) is 3.70. The van der Waals surface area contributed by atoms with E-state index in [0.29, 0.717) is 22.3 Å². The van der Waals surface area contributed by atoms with Gasteiger partial charge in [0.05, 0.1) is 17.0 Å². The normalized spacial score (nSPS) is 13.2. The molecule has 8 heteroatoms. The zero-order valence-electron chi connectivity index (χ0n) is 18.3. The van der Waals surface area contributed by atoms with E-state index in [-0.39, 0.29) is 17.9 Å². The maximum atomic E-state index is 13.2. The molecule has 1 unspecified atom stereocenters. The summed E-state index contributed by atoms with van der Waals surface area (Å²) in [6.07, 6.45) is -8.80. The molecule has 0 fully saturated rings. The fraction of sp³-hybridized carbons (Fsp3) is 0.269. The summed E-state index contributed by atoms with van der Waals surface area (Å²) < 4.78 is 78.6. The first kappa shape index (κ1) is 25.3. The molecule has 0 aliphatic heterocycles. The Morgan fingerprint density at radius 3 is 1.79 bits per heavy atom. The van der Waals surface area contributed by atoms with E-state index >= 15 is 0 Å². The van der Waals surface area contributed by atoms with Crippen molar-refractivity contribution in [3.05, 3.63) is 83.4 Å². The lowest BCUT2D eigenvalue weighted by atomic mass is 9.86. The highest BCUT2D eigenvalue weighted by molar-refractivity contribution is 5.80. The second-order valence-corrected chi connectivity index (χ2v) is 8.52. The molecule has 1 atom stereocenters. The summed E-state index contributed by atoms with van der Waals surface area (Å²) in [5, 5.41) is 9.80. The van der Waals surface area contributed by atoms with Crippen LogP contribution in [0.15, 0.2) is 66.7 Å². The molecule has 180 valence electrons. The van der Waals surface area contributed by atoms with Gasteiger partial charge in [-0.15, -0.1) is 0 Å². The van der Waals surface area contributed by atoms with Gasteiger partial charge in [-0.1, -0.05) is 50.2 Å². The minimum Gasteiger partial charge on any atom is -0.481 e. The van der Waals surface area contributed by atoms with Crippen LogP contribution in [0.2, 0.25) is 0 Å². The van der Waals surface area contributed by atoms with E-state index in [9.17, 15) is 36.2 Å². The highest BCUT2D eigenvalue weighted by Gasteiger charge is 2.31. The summed E-state index contributed by atoms with van der Waals surface area (Å²) in [6, 6.07) is 13.6. The second-order valence-electron chi connectivity index (χ2n) is 8.52. The third-order valence-corrected chi connectivity index (χ3v) is 5.43. The van der Waals surface area contributed by atoms with Gasteiger partial charge in [0.1, 0.15) is 0 Å². The molecule has 0 saturated heterocycles. The Hall–Kier alpha value is -3.29. The molecule has 0 bridgehead atoms. The molecule has 1 N–H and O–H groups in total. The SMILES string of the molecule is CC(C)CC(C(=O)O)c1cc(-c2ccc(C(F)(F)F)cc2)cc(-c2cccc(C(F)(F)F)c2)c1. The topological polar surface area (TPSA) is 37.3 Å². The summed E-state index contributed by atoms with van der Waals surface area (Å²) >= 11 is 0. The van der Waals surface area contributed by atoms with Crippen LogP contribution in [0.4, 0.5) is 26.3 Å². The standard InChI is InChI=1S/C26H22F6O2/c1-15(2)10-23(24(33)34)20-12-18(16-6-8-21(9-7-16)25(27,28)29)11-19(13-20)17-4-3-5-22(14-17)26(30,31)32/h3-9,11-15,23H,10H2,1-2H3,(H,33,34). The monoisotopic (exact) mass is 480 g/mol. The quantitative estimate of drug-likeness (QED) is 0.361. The van der Waals surface area contributed by atoms with Crippen LogP contribution in [0.25, 0.3) is 22.3 Å². The summed E-state index contributed by atoms with van der Waals surface area (Å²) in [7, 11) is 0. The van der Waals surface area contributed by atoms with Crippen molar-refractivity contribution in [1.82, 2.24) is 0 Å². The maximum absolute atomic E-state index is 13.2. The van der Waals surface area contributed by atoms with Crippen LogP contribution in [-0.4, -0.2) is 11.1 Å². The molecule has 3 rings (SSSR count). The zero-order valence-corrected chi connectivity index (χ0v) is 18.3. The van der Waals surface area contributed by atoms with Crippen LogP contribution in [-0.2, 0) is 17.1 Å². The number of halogens is 6. The van der Waals surface area contributed by atoms with E-state index < -0.39 is 35.4 Å². The summed E-state index contributed by atoms with van der Waals surface area (Å²) in [5.74, 6) is -2.00. The van der Waals surface area contributed by atoms with Gasteiger partial charge in [0.15, 0.2) is 0 Å². The Morgan fingerprint density at radius 2 is 1.29 bits per heavy atom. The highest BCUT2D eigenvalue weighted by Crippen LogP contribution is 2.37. The van der Waals surface area contributed by atoms with Gasteiger partial charge in [-0.2, -0.15) is 26.3 Å². The van der Waals surface area contributed by atoms with E-state index in [0.717, 1.165) is 24.3 Å². The van der Waals surface area contributed by atoms with Gasteiger partial charge in [0.2, 0.25) is 0 Å². The van der Waals surface area contributed by atoms with Gasteiger partial charge in [0, 0.05) is 0 Å². The van der Waals surface area contributed by atoms with Crippen molar-refractivity contribution < 1.29 is 36.2 Å². The average molecular weight is 480 g/mol. The highest BCUT2D eigenvalue weighted by atomic mass is 19.4. The largest absolute Gasteiger partial charge is 0.481 e. The molecule has 0 aromatic heterocycles. The number of rotatable bonds is 6. The fourth-order valence-corrected chi connectivity index (χ4v) is 3.76. The number of hydrogen-bond donors (Lipinski definition) is 1. The third-order valence-electron chi connectivity index (χ3n) is 5.43. The van der Waals surface area contributed by atoms with E-state index in [2.05, 4.69) is 0 Å². The predicted octanol–water partition coefficient (Wildman–Crippen LogP) is 8.27. The summed E-state index contributed by atoms with van der Waals surface area (Å²) in [4.78, 5) is 12.0. The first-order chi connectivity index (χ1) is 15.8. The van der Waals surface area contributed by atoms with Crippen molar-refractivity contribution in [3.8, 4) is 22.3 Å². The number of hydrogen-bond acceptors (Lipinski definition) is 1. The van der Waals surface area contributed by atoms with Gasteiger partial charge in [-0.25, -0.2) is 0 Å². The molecule has 3 aromatic rings. The summed E-state index contributed by atoms with van der Waals surface area (Å²) in [5.41, 5.74) is 0.0283. The number of benzene rings is 3. The molecular formula is C26H22F6O2. The zero-order chi connectivity index (χ0) is 25.3. The number of carboxylic acid groups (broad SMARTS) is 1. The van der Waals surface area contributed by atoms with Crippen molar-refractivity contribution in [2.45, 2.75) is 38.5 Å². The number of carbonyl (C=O) groups is 1. The Balaban J connectivity index is 2.19. The Labute approximate surface area is 192 Å². The first-order valence-corrected chi connectivity index (χ1v) is 10.5. The fourth-order valence-electron chi connectivity index (χ4n) is 3.76. The molecule has 0 aliphatic rings. The van der Waals surface area contributed by atoms with Crippen LogP contribution >= 0.6 is 0 Å². The Bertz CT molecular complexity index is 1160. The van der Waals surface area contributed by atoms with E-state index in [1.807, 2.05) is 13.8 Å². The Kier molecular flexibility index (Phi) is 7.10. The van der Waals surface area contributed by atoms with Crippen molar-refractivity contribution in [2.24, 2.45) is 5.92 Å². The lowest BCUT2D eigenvalue weighted by Crippen LogP contribution is -2.14. The number of alkyl halides is 6. The molecule has 0 spiro atoms. The van der Waals surface area contributed by atoms with Gasteiger partial charge in [0.25, 0.3) is 0 Å². The molecule has 0 saturated carbocycles. The van der Waals surface area contributed by atoms with Gasteiger partial charge in [-0.3, -0.25) is 4.79 Å². The molecule has 0 aliphatic carbocycles. The lowest BCUT2D eigenvalue weighted by Gasteiger charge is -2.19. The number of carboxylic acids is 1. The van der Waals surface area contributed by atoms with Gasteiger partial charge >= 0.3 is 18.3 Å². The molecule has 0 radical (unpaired) electrons. The van der Waals surface area contributed by atoms with Crippen molar-refractivity contribution in [3.63, 3.8) is 0 Å². The first-order valence-electron chi connectivity index (χ1n) is 10.5. The van der Waals surface area contributed by atoms with Crippen molar-refractivity contribution in [1.29, 1.82) is 0 Å². The Morgan fingerprint density at radius 1 is 0.735 bits per heavy atom. The molecule has 0 amide bonds. The number of aliphatic carboxylic acids is 1. The van der Waals surface area contributed by atoms with Crippen molar-refractivity contribution >= 4 is 5.97 Å². The smallest absolute Gasteiger partial charge is 0.416 e. The van der Waals surface area contributed by atoms with Crippen LogP contribution < -0.4 is 0 Å². The van der Waals surface area contributed by atoms with Crippen molar-refractivity contribution in [2.75, 3.05) is 0 Å². The van der Waals surface area contributed by atoms with Crippen LogP contribution in [0, 0.1) is 5.92 Å². The predicted molar refractivity (Wildman–Crippen MR) is 117 cm³/mol. The van der Waals surface area contributed by atoms with Crippen LogP contribution in [0.1, 0.15) is 42.9 Å². The average Bonchev–Trinajstić information content (AvgIpc) is 2.76. The van der Waals surface area contributed by atoms with Gasteiger partial charge in [-0.05, 0) is 70.5 Å². The molecular weight excluding hydrogens is 458 g/mol. The minimum absolute atomic E-state index is 0.0211. The molecule has 2 nitrogen and oxygen atoms in total. The van der Waals surface area contributed by atoms with E-state index in [1.54, 1.807) is 12.1 Å². The maximum Gasteiger partial charge on any atom is 0.416 e.